The average Bonchev–Trinajstić information content (AvgIpc) is 2.43. The number of ether oxygens (including phenoxy) is 1. The summed E-state index contributed by atoms with van der Waals surface area (Å²) in [5.41, 5.74) is 0. The molecule has 0 bridgehead atoms. The molecule has 0 saturated heterocycles. The van der Waals surface area contributed by atoms with E-state index in [1.54, 1.807) is 0 Å². The van der Waals surface area contributed by atoms with Crippen LogP contribution in [0.1, 0.15) is 0 Å². The van der Waals surface area contributed by atoms with Gasteiger partial charge in [-0.25, -0.2) is 0 Å². The van der Waals surface area contributed by atoms with Gasteiger partial charge in [0.25, 0.3) is 5.88 Å². The van der Waals surface area contributed by atoms with Crippen LogP contribution in [-0.2, 0) is 0 Å². The summed E-state index contributed by atoms with van der Waals surface area (Å²) in [4.78, 5) is 3.89. The molecule has 0 atom stereocenters. The van der Waals surface area contributed by atoms with E-state index >= 15 is 0 Å². The third-order valence-corrected chi connectivity index (χ3v) is 3.47. The van der Waals surface area contributed by atoms with E-state index in [9.17, 15) is 0 Å². The van der Waals surface area contributed by atoms with Gasteiger partial charge in [0.2, 0.25) is 10.4 Å². The molecule has 0 unspecified atom stereocenters. The van der Waals surface area contributed by atoms with Gasteiger partial charge in [-0.2, -0.15) is 4.98 Å². The van der Waals surface area contributed by atoms with Crippen LogP contribution in [0.3, 0.4) is 0 Å². The number of nitrogens with zero attached hydrogens (tertiary/aromatic N) is 3. The molecule has 0 aliphatic carbocycles. The second-order valence-electron chi connectivity index (χ2n) is 3.93. The van der Waals surface area contributed by atoms with E-state index in [0.29, 0.717) is 5.75 Å². The zero-order chi connectivity index (χ0) is 14.1. The first-order valence-electron chi connectivity index (χ1n) is 5.55. The van der Waals surface area contributed by atoms with Crippen molar-refractivity contribution in [3.63, 3.8) is 0 Å². The maximum Gasteiger partial charge on any atom is 0.262 e. The summed E-state index contributed by atoms with van der Waals surface area (Å²) in [5.74, 6) is 0.724. The Morgan fingerprint density at radius 3 is 2.55 bits per heavy atom. The maximum absolute atomic E-state index is 5.86. The Kier molecular flexibility index (Phi) is 3.74. The SMILES string of the molecule is Clc1nnc(Cl)c(Oc2ccc3cc(Br)ccc3c2)n1. The fourth-order valence-electron chi connectivity index (χ4n) is 1.71. The van der Waals surface area contributed by atoms with Crippen molar-refractivity contribution >= 4 is 49.9 Å². The predicted octanol–water partition coefficient (Wildman–Crippen LogP) is 4.89. The van der Waals surface area contributed by atoms with E-state index in [-0.39, 0.29) is 16.3 Å². The Morgan fingerprint density at radius 2 is 1.70 bits per heavy atom. The fourth-order valence-corrected chi connectivity index (χ4v) is 2.33. The van der Waals surface area contributed by atoms with E-state index in [4.69, 9.17) is 27.9 Å². The Balaban J connectivity index is 1.98. The molecule has 0 spiro atoms. The molecule has 2 aromatic carbocycles. The van der Waals surface area contributed by atoms with E-state index in [1.165, 1.54) is 0 Å². The van der Waals surface area contributed by atoms with Crippen molar-refractivity contribution in [2.45, 2.75) is 0 Å². The molecular formula is C13H6BrCl2N3O. The standard InChI is InChI=1S/C13H6BrCl2N3O/c14-9-3-1-8-6-10(4-2-7(8)5-9)20-12-11(15)18-19-13(16)17-12/h1-6H. The normalized spacial score (nSPS) is 10.8. The number of hydrogen-bond donors (Lipinski definition) is 0. The molecule has 3 rings (SSSR count). The average molecular weight is 371 g/mol. The molecule has 0 N–H and O–H groups in total. The zero-order valence-electron chi connectivity index (χ0n) is 9.85. The highest BCUT2D eigenvalue weighted by atomic mass is 79.9. The van der Waals surface area contributed by atoms with Gasteiger partial charge in [0.1, 0.15) is 5.75 Å². The van der Waals surface area contributed by atoms with Crippen LogP contribution in [0.4, 0.5) is 0 Å². The third kappa shape index (κ3) is 2.85. The topological polar surface area (TPSA) is 47.9 Å². The van der Waals surface area contributed by atoms with E-state index in [2.05, 4.69) is 31.1 Å². The summed E-state index contributed by atoms with van der Waals surface area (Å²) in [6.45, 7) is 0. The van der Waals surface area contributed by atoms with Crippen LogP contribution >= 0.6 is 39.1 Å². The smallest absolute Gasteiger partial charge is 0.262 e. The largest absolute Gasteiger partial charge is 0.436 e. The Bertz CT molecular complexity index is 798. The number of fused-ring (bicyclic) bond motifs is 1. The lowest BCUT2D eigenvalue weighted by molar-refractivity contribution is 0.458. The molecule has 20 heavy (non-hydrogen) atoms. The van der Waals surface area contributed by atoms with Gasteiger partial charge < -0.3 is 4.74 Å². The van der Waals surface area contributed by atoms with Crippen molar-refractivity contribution < 1.29 is 4.74 Å². The first-order valence-corrected chi connectivity index (χ1v) is 7.09. The van der Waals surface area contributed by atoms with E-state index in [1.807, 2.05) is 36.4 Å². The van der Waals surface area contributed by atoms with Crippen molar-refractivity contribution in [2.75, 3.05) is 0 Å². The number of halogens is 3. The quantitative estimate of drug-likeness (QED) is 0.644. The van der Waals surface area contributed by atoms with Crippen molar-refractivity contribution in [2.24, 2.45) is 0 Å². The Hall–Kier alpha value is -1.43. The summed E-state index contributed by atoms with van der Waals surface area (Å²) in [5, 5.41) is 9.34. The van der Waals surface area contributed by atoms with Gasteiger partial charge in [0.05, 0.1) is 0 Å². The fraction of sp³-hybridized carbons (Fsp3) is 0. The van der Waals surface area contributed by atoms with E-state index in [0.717, 1.165) is 15.2 Å². The minimum absolute atomic E-state index is 0.0193. The van der Waals surface area contributed by atoms with Crippen LogP contribution in [0.2, 0.25) is 10.4 Å². The molecule has 0 fully saturated rings. The highest BCUT2D eigenvalue weighted by Crippen LogP contribution is 2.29. The summed E-state index contributed by atoms with van der Waals surface area (Å²) in [6, 6.07) is 11.6. The van der Waals surface area contributed by atoms with Gasteiger partial charge >= 0.3 is 0 Å². The van der Waals surface area contributed by atoms with Gasteiger partial charge in [-0.1, -0.05) is 39.7 Å². The van der Waals surface area contributed by atoms with Gasteiger partial charge in [0.15, 0.2) is 0 Å². The van der Waals surface area contributed by atoms with E-state index < -0.39 is 0 Å². The first kappa shape index (κ1) is 13.5. The molecule has 3 aromatic rings. The molecule has 1 heterocycles. The molecule has 0 amide bonds. The van der Waals surface area contributed by atoms with Gasteiger partial charge in [-0.05, 0) is 46.6 Å². The molecule has 0 radical (unpaired) electrons. The van der Waals surface area contributed by atoms with Crippen LogP contribution < -0.4 is 4.74 Å². The lowest BCUT2D eigenvalue weighted by Crippen LogP contribution is -1.94. The molecule has 100 valence electrons. The third-order valence-electron chi connectivity index (χ3n) is 2.58. The first-order chi connectivity index (χ1) is 9.61. The maximum atomic E-state index is 5.86. The van der Waals surface area contributed by atoms with Crippen molar-refractivity contribution in [3.05, 3.63) is 51.3 Å². The molecule has 4 nitrogen and oxygen atoms in total. The van der Waals surface area contributed by atoms with Crippen molar-refractivity contribution in [1.82, 2.24) is 15.2 Å². The number of hydrogen-bond acceptors (Lipinski definition) is 4. The van der Waals surface area contributed by atoms with Crippen LogP contribution in [0.15, 0.2) is 40.9 Å². The number of benzene rings is 2. The summed E-state index contributed by atoms with van der Waals surface area (Å²) >= 11 is 15.0. The molecule has 7 heteroatoms. The molecule has 0 aliphatic rings. The monoisotopic (exact) mass is 369 g/mol. The van der Waals surface area contributed by atoms with Crippen LogP contribution in [0, 0.1) is 0 Å². The molecular weight excluding hydrogens is 365 g/mol. The second kappa shape index (κ2) is 5.52. The minimum Gasteiger partial charge on any atom is -0.436 e. The summed E-state index contributed by atoms with van der Waals surface area (Å²) in [7, 11) is 0. The Labute approximate surface area is 132 Å². The van der Waals surface area contributed by atoms with Gasteiger partial charge in [-0.3, -0.25) is 0 Å². The molecule has 0 aliphatic heterocycles. The summed E-state index contributed by atoms with van der Waals surface area (Å²) < 4.78 is 6.61. The molecule has 0 saturated carbocycles. The minimum atomic E-state index is -0.0193. The highest BCUT2D eigenvalue weighted by Gasteiger charge is 2.09. The van der Waals surface area contributed by atoms with Crippen LogP contribution in [0.25, 0.3) is 10.8 Å². The molecule has 1 aromatic heterocycles. The predicted molar refractivity (Wildman–Crippen MR) is 81.6 cm³/mol. The van der Waals surface area contributed by atoms with Crippen molar-refractivity contribution in [1.29, 1.82) is 0 Å². The lowest BCUT2D eigenvalue weighted by atomic mass is 10.1. The lowest BCUT2D eigenvalue weighted by Gasteiger charge is -2.07. The summed E-state index contributed by atoms with van der Waals surface area (Å²) in [6.07, 6.45) is 0. The van der Waals surface area contributed by atoms with Crippen LogP contribution in [-0.4, -0.2) is 15.2 Å². The highest BCUT2D eigenvalue weighted by molar-refractivity contribution is 9.10. The number of rotatable bonds is 2. The second-order valence-corrected chi connectivity index (χ2v) is 5.54. The van der Waals surface area contributed by atoms with Crippen LogP contribution in [0.5, 0.6) is 11.6 Å². The number of aromatic nitrogens is 3. The Morgan fingerprint density at radius 1 is 0.950 bits per heavy atom. The van der Waals surface area contributed by atoms with Gasteiger partial charge in [0, 0.05) is 4.47 Å². The van der Waals surface area contributed by atoms with Gasteiger partial charge in [-0.15, -0.1) is 10.2 Å². The zero-order valence-corrected chi connectivity index (χ0v) is 12.9. The van der Waals surface area contributed by atoms with Crippen molar-refractivity contribution in [3.8, 4) is 11.6 Å².